The van der Waals surface area contributed by atoms with Gasteiger partial charge in [0.25, 0.3) is 0 Å². The van der Waals surface area contributed by atoms with Crippen LogP contribution in [0.15, 0.2) is 54.6 Å². The predicted molar refractivity (Wildman–Crippen MR) is 99.7 cm³/mol. The van der Waals surface area contributed by atoms with Crippen LogP contribution in [0.2, 0.25) is 0 Å². The van der Waals surface area contributed by atoms with Gasteiger partial charge in [0.15, 0.2) is 0 Å². The lowest BCUT2D eigenvalue weighted by Crippen LogP contribution is -2.03. The molecule has 0 aliphatic carbocycles. The lowest BCUT2D eigenvalue weighted by molar-refractivity contribution is 0.0698. The molecule has 0 saturated carbocycles. The lowest BCUT2D eigenvalue weighted by Gasteiger charge is -2.13. The van der Waals surface area contributed by atoms with Crippen molar-refractivity contribution < 1.29 is 19.4 Å². The Morgan fingerprint density at radius 2 is 1.54 bits per heavy atom. The number of phenols is 1. The van der Waals surface area contributed by atoms with Crippen LogP contribution >= 0.6 is 0 Å². The highest BCUT2D eigenvalue weighted by Crippen LogP contribution is 2.32. The molecule has 0 amide bonds. The number of aryl methyl sites for hydroxylation is 2. The van der Waals surface area contributed by atoms with Gasteiger partial charge in [0, 0.05) is 5.69 Å². The Hall–Kier alpha value is -3.34. The third-order valence-corrected chi connectivity index (χ3v) is 4.20. The number of carboxylic acids is 1. The van der Waals surface area contributed by atoms with E-state index in [1.165, 1.54) is 18.2 Å². The van der Waals surface area contributed by atoms with Gasteiger partial charge in [-0.05, 0) is 84.6 Å². The second kappa shape index (κ2) is 6.88. The Morgan fingerprint density at radius 1 is 0.923 bits per heavy atom. The van der Waals surface area contributed by atoms with E-state index in [2.05, 4.69) is 5.32 Å². The van der Waals surface area contributed by atoms with Crippen molar-refractivity contribution in [2.45, 2.75) is 13.8 Å². The van der Waals surface area contributed by atoms with Gasteiger partial charge in [-0.25, -0.2) is 9.18 Å². The van der Waals surface area contributed by atoms with Gasteiger partial charge in [-0.2, -0.15) is 0 Å². The maximum Gasteiger partial charge on any atom is 0.337 e. The molecule has 0 fully saturated rings. The topological polar surface area (TPSA) is 69.6 Å². The summed E-state index contributed by atoms with van der Waals surface area (Å²) in [4.78, 5) is 11.5. The number of phenolic OH excluding ortho intramolecular Hbond substituents is 1. The molecule has 0 aliphatic heterocycles. The Bertz CT molecular complexity index is 958. The van der Waals surface area contributed by atoms with Crippen LogP contribution in [0.3, 0.4) is 0 Å². The smallest absolute Gasteiger partial charge is 0.337 e. The molecule has 0 unspecified atom stereocenters. The third kappa shape index (κ3) is 3.52. The average molecular weight is 351 g/mol. The first-order chi connectivity index (χ1) is 12.3. The lowest BCUT2D eigenvalue weighted by atomic mass is 9.98. The van der Waals surface area contributed by atoms with E-state index in [1.807, 2.05) is 26.0 Å². The molecule has 3 aromatic rings. The molecule has 0 saturated heterocycles. The number of aromatic carboxylic acids is 1. The van der Waals surface area contributed by atoms with Crippen LogP contribution in [-0.4, -0.2) is 16.2 Å². The fourth-order valence-corrected chi connectivity index (χ4v) is 2.83. The fourth-order valence-electron chi connectivity index (χ4n) is 2.83. The summed E-state index contributed by atoms with van der Waals surface area (Å²) in [6, 6.07) is 14.4. The monoisotopic (exact) mass is 351 g/mol. The molecule has 0 heterocycles. The molecule has 5 heteroatoms. The highest BCUT2D eigenvalue weighted by Gasteiger charge is 2.13. The molecule has 3 aromatic carbocycles. The first kappa shape index (κ1) is 17.5. The Balaban J connectivity index is 2.06. The second-order valence-electron chi connectivity index (χ2n) is 6.16. The van der Waals surface area contributed by atoms with Crippen molar-refractivity contribution in [1.29, 1.82) is 0 Å². The number of carbonyl (C=O) groups is 1. The minimum absolute atomic E-state index is 0.116. The maximum atomic E-state index is 13.1. The van der Waals surface area contributed by atoms with E-state index >= 15 is 0 Å². The highest BCUT2D eigenvalue weighted by atomic mass is 19.1. The summed E-state index contributed by atoms with van der Waals surface area (Å²) >= 11 is 0. The molecular weight excluding hydrogens is 333 g/mol. The summed E-state index contributed by atoms with van der Waals surface area (Å²) in [5.41, 5.74) is 4.29. The predicted octanol–water partition coefficient (Wildman–Crippen LogP) is 5.26. The SMILES string of the molecule is Cc1cc(-c2ccc(C(=O)O)c(Nc3ccc(F)cc3)c2)cc(C)c1O. The molecule has 132 valence electrons. The van der Waals surface area contributed by atoms with E-state index in [0.717, 1.165) is 22.3 Å². The summed E-state index contributed by atoms with van der Waals surface area (Å²) in [5, 5.41) is 22.4. The van der Waals surface area contributed by atoms with E-state index in [4.69, 9.17) is 0 Å². The summed E-state index contributed by atoms with van der Waals surface area (Å²) in [5.74, 6) is -1.17. The summed E-state index contributed by atoms with van der Waals surface area (Å²) < 4.78 is 13.1. The van der Waals surface area contributed by atoms with Crippen LogP contribution in [0.1, 0.15) is 21.5 Å². The number of rotatable bonds is 4. The van der Waals surface area contributed by atoms with Crippen LogP contribution in [0, 0.1) is 19.7 Å². The first-order valence-electron chi connectivity index (χ1n) is 8.05. The zero-order chi connectivity index (χ0) is 18.8. The molecule has 4 nitrogen and oxygen atoms in total. The van der Waals surface area contributed by atoms with Gasteiger partial charge in [0.1, 0.15) is 11.6 Å². The van der Waals surface area contributed by atoms with Gasteiger partial charge in [-0.15, -0.1) is 0 Å². The quantitative estimate of drug-likeness (QED) is 0.600. The van der Waals surface area contributed by atoms with Crippen LogP contribution < -0.4 is 5.32 Å². The normalized spacial score (nSPS) is 10.6. The molecular formula is C21H18FNO3. The molecule has 3 rings (SSSR count). The largest absolute Gasteiger partial charge is 0.507 e. The summed E-state index contributed by atoms with van der Waals surface area (Å²) in [7, 11) is 0. The van der Waals surface area contributed by atoms with Gasteiger partial charge >= 0.3 is 5.97 Å². The van der Waals surface area contributed by atoms with E-state index < -0.39 is 5.97 Å². The maximum absolute atomic E-state index is 13.1. The second-order valence-corrected chi connectivity index (χ2v) is 6.16. The molecule has 3 N–H and O–H groups in total. The molecule has 0 aromatic heterocycles. The van der Waals surface area contributed by atoms with E-state index in [-0.39, 0.29) is 17.1 Å². The minimum Gasteiger partial charge on any atom is -0.507 e. The number of hydrogen-bond donors (Lipinski definition) is 3. The Kier molecular flexibility index (Phi) is 4.63. The zero-order valence-electron chi connectivity index (χ0n) is 14.4. The highest BCUT2D eigenvalue weighted by molar-refractivity contribution is 5.96. The number of hydrogen-bond acceptors (Lipinski definition) is 3. The third-order valence-electron chi connectivity index (χ3n) is 4.20. The van der Waals surface area contributed by atoms with Crippen LogP contribution in [0.5, 0.6) is 5.75 Å². The van der Waals surface area contributed by atoms with E-state index in [9.17, 15) is 19.4 Å². The van der Waals surface area contributed by atoms with Crippen LogP contribution in [-0.2, 0) is 0 Å². The number of benzene rings is 3. The van der Waals surface area contributed by atoms with Gasteiger partial charge < -0.3 is 15.5 Å². The minimum atomic E-state index is -1.06. The number of halogens is 1. The molecule has 0 atom stereocenters. The number of aromatic hydroxyl groups is 1. The van der Waals surface area contributed by atoms with Crippen molar-refractivity contribution in [3.05, 3.63) is 77.1 Å². The first-order valence-corrected chi connectivity index (χ1v) is 8.05. The Labute approximate surface area is 150 Å². The van der Waals surface area contributed by atoms with Crippen molar-refractivity contribution in [2.24, 2.45) is 0 Å². The molecule has 0 spiro atoms. The molecule has 0 aliphatic rings. The number of carboxylic acid groups (broad SMARTS) is 1. The van der Waals surface area contributed by atoms with Crippen LogP contribution in [0.25, 0.3) is 11.1 Å². The molecule has 26 heavy (non-hydrogen) atoms. The van der Waals surface area contributed by atoms with Crippen LogP contribution in [0.4, 0.5) is 15.8 Å². The molecule has 0 bridgehead atoms. The Morgan fingerprint density at radius 3 is 2.12 bits per heavy atom. The average Bonchev–Trinajstić information content (AvgIpc) is 2.61. The number of anilines is 2. The van der Waals surface area contributed by atoms with Crippen molar-refractivity contribution >= 4 is 17.3 Å². The summed E-state index contributed by atoms with van der Waals surface area (Å²) in [6.07, 6.45) is 0. The fraction of sp³-hybridized carbons (Fsp3) is 0.0952. The van der Waals surface area contributed by atoms with Gasteiger partial charge in [-0.1, -0.05) is 6.07 Å². The zero-order valence-corrected chi connectivity index (χ0v) is 14.4. The van der Waals surface area contributed by atoms with Crippen molar-refractivity contribution in [2.75, 3.05) is 5.32 Å². The van der Waals surface area contributed by atoms with Crippen molar-refractivity contribution in [1.82, 2.24) is 0 Å². The van der Waals surface area contributed by atoms with Gasteiger partial charge in [0.05, 0.1) is 11.3 Å². The summed E-state index contributed by atoms with van der Waals surface area (Å²) in [6.45, 7) is 3.63. The van der Waals surface area contributed by atoms with Crippen molar-refractivity contribution in [3.8, 4) is 16.9 Å². The standard InChI is InChI=1S/C21H18FNO3/c1-12-9-15(10-13(2)20(12)24)14-3-8-18(21(25)26)19(11-14)23-17-6-4-16(22)5-7-17/h3-11,23-24H,1-2H3,(H,25,26). The van der Waals surface area contributed by atoms with Gasteiger partial charge in [0.2, 0.25) is 0 Å². The van der Waals surface area contributed by atoms with Gasteiger partial charge in [-0.3, -0.25) is 0 Å². The van der Waals surface area contributed by atoms with Crippen molar-refractivity contribution in [3.63, 3.8) is 0 Å². The van der Waals surface area contributed by atoms with E-state index in [1.54, 1.807) is 24.3 Å². The molecule has 0 radical (unpaired) electrons. The number of nitrogens with one attached hydrogen (secondary N) is 1. The van der Waals surface area contributed by atoms with E-state index in [0.29, 0.717) is 11.4 Å².